The number of hydrogen-bond acceptors (Lipinski definition) is 3. The fourth-order valence-corrected chi connectivity index (χ4v) is 4.65. The zero-order valence-corrected chi connectivity index (χ0v) is 17.7. The Morgan fingerprint density at radius 2 is 1.67 bits per heavy atom. The zero-order chi connectivity index (χ0) is 20.5. The molecule has 2 aromatic carbocycles. The molecule has 1 aliphatic heterocycles. The molecule has 1 fully saturated rings. The molecule has 30 heavy (non-hydrogen) atoms. The highest BCUT2D eigenvalue weighted by molar-refractivity contribution is 6.30. The lowest BCUT2D eigenvalue weighted by molar-refractivity contribution is 0.0626. The van der Waals surface area contributed by atoms with Crippen LogP contribution in [0.3, 0.4) is 0 Å². The van der Waals surface area contributed by atoms with Crippen LogP contribution >= 0.6 is 11.6 Å². The molecule has 154 valence electrons. The number of hydrogen-bond donors (Lipinski definition) is 0. The molecule has 1 saturated heterocycles. The van der Waals surface area contributed by atoms with E-state index in [4.69, 9.17) is 16.7 Å². The monoisotopic (exact) mass is 420 g/mol. The van der Waals surface area contributed by atoms with E-state index < -0.39 is 0 Å². The molecule has 3 aromatic rings. The molecule has 1 amide bonds. The Morgan fingerprint density at radius 1 is 0.933 bits per heavy atom. The second-order valence-electron chi connectivity index (χ2n) is 8.05. The first-order valence-corrected chi connectivity index (χ1v) is 11.0. The lowest BCUT2D eigenvalue weighted by atomic mass is 10.1. The van der Waals surface area contributed by atoms with E-state index in [1.54, 1.807) is 24.3 Å². The molecular weight excluding hydrogens is 396 g/mol. The zero-order valence-electron chi connectivity index (χ0n) is 16.9. The summed E-state index contributed by atoms with van der Waals surface area (Å²) in [7, 11) is 0. The number of rotatable bonds is 4. The van der Waals surface area contributed by atoms with Crippen molar-refractivity contribution in [2.24, 2.45) is 0 Å². The van der Waals surface area contributed by atoms with Crippen molar-refractivity contribution in [2.45, 2.75) is 25.8 Å². The Labute approximate surface area is 181 Å². The van der Waals surface area contributed by atoms with E-state index in [2.05, 4.69) is 33.8 Å². The van der Waals surface area contributed by atoms with E-state index in [0.717, 1.165) is 51.3 Å². The van der Waals surface area contributed by atoms with Crippen molar-refractivity contribution in [2.75, 3.05) is 26.2 Å². The van der Waals surface area contributed by atoms with Crippen LogP contribution in [0.2, 0.25) is 5.02 Å². The number of piperazine rings is 1. The van der Waals surface area contributed by atoms with Crippen molar-refractivity contribution >= 4 is 17.5 Å². The number of halogens is 1. The van der Waals surface area contributed by atoms with E-state index in [9.17, 15) is 4.79 Å². The fourth-order valence-electron chi connectivity index (χ4n) is 4.52. The molecule has 2 heterocycles. The van der Waals surface area contributed by atoms with Crippen molar-refractivity contribution in [3.63, 3.8) is 0 Å². The summed E-state index contributed by atoms with van der Waals surface area (Å²) >= 11 is 5.94. The first-order valence-electron chi connectivity index (χ1n) is 10.6. The van der Waals surface area contributed by atoms with Crippen LogP contribution in [0.25, 0.3) is 5.69 Å². The van der Waals surface area contributed by atoms with Crippen molar-refractivity contribution in [1.29, 1.82) is 0 Å². The summed E-state index contributed by atoms with van der Waals surface area (Å²) in [5.41, 5.74) is 5.84. The first-order chi connectivity index (χ1) is 14.7. The molecule has 1 aromatic heterocycles. The predicted octanol–water partition coefficient (Wildman–Crippen LogP) is 3.97. The fraction of sp³-hybridized carbons (Fsp3) is 0.333. The van der Waals surface area contributed by atoms with Gasteiger partial charge in [-0.1, -0.05) is 29.8 Å². The van der Waals surface area contributed by atoms with Gasteiger partial charge in [-0.15, -0.1) is 0 Å². The molecule has 5 nitrogen and oxygen atoms in total. The largest absolute Gasteiger partial charge is 0.336 e. The molecule has 6 heteroatoms. The van der Waals surface area contributed by atoms with Gasteiger partial charge in [0.05, 0.1) is 11.4 Å². The third kappa shape index (κ3) is 3.75. The summed E-state index contributed by atoms with van der Waals surface area (Å²) in [4.78, 5) is 17.1. The number of fused-ring (bicyclic) bond motifs is 1. The van der Waals surface area contributed by atoms with Gasteiger partial charge < -0.3 is 4.90 Å². The summed E-state index contributed by atoms with van der Waals surface area (Å²) in [6.07, 6.45) is 3.42. The Bertz CT molecular complexity index is 1040. The lowest BCUT2D eigenvalue weighted by Gasteiger charge is -2.34. The number of para-hydroxylation sites is 1. The third-order valence-electron chi connectivity index (χ3n) is 6.14. The molecule has 2 aliphatic rings. The molecule has 0 spiro atoms. The van der Waals surface area contributed by atoms with Gasteiger partial charge in [0.25, 0.3) is 5.91 Å². The van der Waals surface area contributed by atoms with Crippen LogP contribution in [-0.4, -0.2) is 51.7 Å². The Balaban J connectivity index is 1.26. The predicted molar refractivity (Wildman–Crippen MR) is 118 cm³/mol. The average Bonchev–Trinajstić information content (AvgIpc) is 3.39. The minimum atomic E-state index is 0.0839. The second-order valence-corrected chi connectivity index (χ2v) is 8.48. The van der Waals surface area contributed by atoms with Gasteiger partial charge in [0.2, 0.25) is 0 Å². The summed E-state index contributed by atoms with van der Waals surface area (Å²) < 4.78 is 2.14. The molecule has 0 radical (unpaired) electrons. The summed E-state index contributed by atoms with van der Waals surface area (Å²) in [6, 6.07) is 17.6. The van der Waals surface area contributed by atoms with Crippen LogP contribution in [-0.2, 0) is 19.4 Å². The van der Waals surface area contributed by atoms with Crippen LogP contribution in [0, 0.1) is 0 Å². The molecular formula is C24H25ClN4O. The highest BCUT2D eigenvalue weighted by Crippen LogP contribution is 2.28. The van der Waals surface area contributed by atoms with Gasteiger partial charge in [-0.25, -0.2) is 4.68 Å². The molecule has 0 atom stereocenters. The van der Waals surface area contributed by atoms with Crippen LogP contribution in [0.5, 0.6) is 0 Å². The maximum Gasteiger partial charge on any atom is 0.253 e. The Kier molecular flexibility index (Phi) is 5.32. The normalized spacial score (nSPS) is 16.6. The van der Waals surface area contributed by atoms with Crippen LogP contribution < -0.4 is 0 Å². The quantitative estimate of drug-likeness (QED) is 0.641. The molecule has 0 unspecified atom stereocenters. The van der Waals surface area contributed by atoms with Crippen LogP contribution in [0.4, 0.5) is 0 Å². The Morgan fingerprint density at radius 3 is 2.40 bits per heavy atom. The standard InChI is InChI=1S/C24H25ClN4O/c25-19-11-9-18(10-12-19)24(30)28-15-13-27(14-16-28)17-22-21-7-4-8-23(21)29(26-22)20-5-2-1-3-6-20/h1-3,5-6,9-12H,4,7-8,13-17H2. The van der Waals surface area contributed by atoms with Gasteiger partial charge in [0.15, 0.2) is 0 Å². The number of benzene rings is 2. The summed E-state index contributed by atoms with van der Waals surface area (Å²) in [5, 5.41) is 5.64. The van der Waals surface area contributed by atoms with Gasteiger partial charge >= 0.3 is 0 Å². The SMILES string of the molecule is O=C(c1ccc(Cl)cc1)N1CCN(Cc2nn(-c3ccccc3)c3c2CCC3)CC1. The second kappa shape index (κ2) is 8.25. The maximum atomic E-state index is 12.7. The summed E-state index contributed by atoms with van der Waals surface area (Å²) in [6.45, 7) is 4.07. The van der Waals surface area contributed by atoms with Gasteiger partial charge in [-0.3, -0.25) is 9.69 Å². The van der Waals surface area contributed by atoms with E-state index >= 15 is 0 Å². The maximum absolute atomic E-state index is 12.7. The highest BCUT2D eigenvalue weighted by atomic mass is 35.5. The van der Waals surface area contributed by atoms with E-state index in [-0.39, 0.29) is 5.91 Å². The minimum Gasteiger partial charge on any atom is -0.336 e. The van der Waals surface area contributed by atoms with E-state index in [1.165, 1.54) is 23.4 Å². The lowest BCUT2D eigenvalue weighted by Crippen LogP contribution is -2.48. The van der Waals surface area contributed by atoms with Crippen molar-refractivity contribution in [1.82, 2.24) is 19.6 Å². The smallest absolute Gasteiger partial charge is 0.253 e. The van der Waals surface area contributed by atoms with Crippen molar-refractivity contribution < 1.29 is 4.79 Å². The number of carbonyl (C=O) groups is 1. The number of carbonyl (C=O) groups excluding carboxylic acids is 1. The van der Waals surface area contributed by atoms with Gasteiger partial charge in [0, 0.05) is 49.0 Å². The number of aromatic nitrogens is 2. The summed E-state index contributed by atoms with van der Waals surface area (Å²) in [5.74, 6) is 0.0839. The molecule has 0 saturated carbocycles. The highest BCUT2D eigenvalue weighted by Gasteiger charge is 2.27. The molecule has 1 aliphatic carbocycles. The molecule has 5 rings (SSSR count). The topological polar surface area (TPSA) is 41.4 Å². The van der Waals surface area contributed by atoms with E-state index in [0.29, 0.717) is 10.6 Å². The van der Waals surface area contributed by atoms with Gasteiger partial charge in [0.1, 0.15) is 0 Å². The number of amides is 1. The van der Waals surface area contributed by atoms with Gasteiger partial charge in [-0.05, 0) is 61.2 Å². The number of nitrogens with zero attached hydrogens (tertiary/aromatic N) is 4. The van der Waals surface area contributed by atoms with Crippen LogP contribution in [0.1, 0.15) is 33.7 Å². The average molecular weight is 421 g/mol. The van der Waals surface area contributed by atoms with Gasteiger partial charge in [-0.2, -0.15) is 5.10 Å². The van der Waals surface area contributed by atoms with Crippen LogP contribution in [0.15, 0.2) is 54.6 Å². The van der Waals surface area contributed by atoms with E-state index in [1.807, 2.05) is 11.0 Å². The minimum absolute atomic E-state index is 0.0839. The van der Waals surface area contributed by atoms with Crippen molar-refractivity contribution in [3.8, 4) is 5.69 Å². The Hall–Kier alpha value is -2.63. The molecule has 0 bridgehead atoms. The molecule has 0 N–H and O–H groups in total. The van der Waals surface area contributed by atoms with Crippen molar-refractivity contribution in [3.05, 3.63) is 82.1 Å². The third-order valence-corrected chi connectivity index (χ3v) is 6.39. The first kappa shape index (κ1) is 19.3.